The zero-order chi connectivity index (χ0) is 13.8. The van der Waals surface area contributed by atoms with Crippen LogP contribution < -0.4 is 5.32 Å². The minimum Gasteiger partial charge on any atom is -0.381 e. The fourth-order valence-electron chi connectivity index (χ4n) is 3.36. The van der Waals surface area contributed by atoms with Gasteiger partial charge in [-0.3, -0.25) is 9.88 Å². The molecule has 2 aliphatic heterocycles. The van der Waals surface area contributed by atoms with Crippen LogP contribution in [0, 0.1) is 5.92 Å². The molecular formula is C15H24BrCl2N3O. The molecule has 3 heterocycles. The maximum Gasteiger partial charge on any atom is 0.0469 e. The first-order chi connectivity index (χ1) is 9.84. The SMILES string of the molecule is Brc1cncc([C@H](C2CCOCC2)N2CCNCC2)c1.Cl.Cl. The second-order valence-corrected chi connectivity index (χ2v) is 6.53. The standard InChI is InChI=1S/C15H22BrN3O.2ClH/c16-14-9-13(10-18-11-14)15(12-1-7-20-8-2-12)19-5-3-17-4-6-19;;/h9-12,15,17H,1-8H2;2*1H/t15-;;/m0../s1. The van der Waals surface area contributed by atoms with Gasteiger partial charge in [-0.2, -0.15) is 0 Å². The number of hydrogen-bond donors (Lipinski definition) is 1. The predicted octanol–water partition coefficient (Wildman–Crippen LogP) is 3.06. The molecule has 0 aliphatic carbocycles. The number of ether oxygens (including phenoxy) is 1. The number of pyridine rings is 1. The van der Waals surface area contributed by atoms with Gasteiger partial charge in [-0.15, -0.1) is 24.8 Å². The molecule has 3 rings (SSSR count). The maximum absolute atomic E-state index is 5.54. The van der Waals surface area contributed by atoms with Crippen LogP contribution >= 0.6 is 40.7 Å². The molecule has 2 aliphatic rings. The molecule has 0 bridgehead atoms. The molecule has 0 unspecified atom stereocenters. The van der Waals surface area contributed by atoms with Gasteiger partial charge in [0.05, 0.1) is 0 Å². The Hall–Kier alpha value is 0.0900. The summed E-state index contributed by atoms with van der Waals surface area (Å²) in [6, 6.07) is 2.71. The van der Waals surface area contributed by atoms with Crippen molar-refractivity contribution in [1.82, 2.24) is 15.2 Å². The first-order valence-corrected chi connectivity index (χ1v) is 8.27. The summed E-state index contributed by atoms with van der Waals surface area (Å²) in [5.41, 5.74) is 1.34. The summed E-state index contributed by atoms with van der Waals surface area (Å²) in [6.07, 6.45) is 6.21. The van der Waals surface area contributed by atoms with Gasteiger partial charge in [0.2, 0.25) is 0 Å². The van der Waals surface area contributed by atoms with Gasteiger partial charge >= 0.3 is 0 Å². The van der Waals surface area contributed by atoms with E-state index in [4.69, 9.17) is 4.74 Å². The molecule has 0 saturated carbocycles. The summed E-state index contributed by atoms with van der Waals surface area (Å²) in [4.78, 5) is 7.00. The highest BCUT2D eigenvalue weighted by Crippen LogP contribution is 2.35. The molecular weight excluding hydrogens is 389 g/mol. The molecule has 1 atom stereocenters. The average molecular weight is 413 g/mol. The summed E-state index contributed by atoms with van der Waals surface area (Å²) in [5.74, 6) is 0.679. The second-order valence-electron chi connectivity index (χ2n) is 5.62. The van der Waals surface area contributed by atoms with E-state index >= 15 is 0 Å². The number of nitrogens with zero attached hydrogens (tertiary/aromatic N) is 2. The molecule has 1 aromatic rings. The highest BCUT2D eigenvalue weighted by atomic mass is 79.9. The monoisotopic (exact) mass is 411 g/mol. The normalized spacial score (nSPS) is 21.5. The predicted molar refractivity (Wildman–Crippen MR) is 97.2 cm³/mol. The summed E-state index contributed by atoms with van der Waals surface area (Å²) < 4.78 is 6.61. The van der Waals surface area contributed by atoms with Crippen molar-refractivity contribution < 1.29 is 4.74 Å². The van der Waals surface area contributed by atoms with Gasteiger partial charge in [0.15, 0.2) is 0 Å². The molecule has 22 heavy (non-hydrogen) atoms. The molecule has 4 nitrogen and oxygen atoms in total. The molecule has 0 aromatic carbocycles. The van der Waals surface area contributed by atoms with E-state index in [1.807, 2.05) is 12.4 Å². The number of rotatable bonds is 3. The Labute approximate surface area is 153 Å². The maximum atomic E-state index is 5.54. The number of piperazine rings is 1. The Bertz CT molecular complexity index is 423. The highest BCUT2D eigenvalue weighted by molar-refractivity contribution is 9.10. The molecule has 7 heteroatoms. The average Bonchev–Trinajstić information content (AvgIpc) is 2.50. The van der Waals surface area contributed by atoms with Crippen molar-refractivity contribution in [3.63, 3.8) is 0 Å². The highest BCUT2D eigenvalue weighted by Gasteiger charge is 2.31. The van der Waals surface area contributed by atoms with E-state index in [2.05, 4.69) is 37.2 Å². The van der Waals surface area contributed by atoms with Gasteiger partial charge in [0.1, 0.15) is 0 Å². The molecule has 1 aromatic heterocycles. The van der Waals surface area contributed by atoms with Crippen LogP contribution in [0.25, 0.3) is 0 Å². The quantitative estimate of drug-likeness (QED) is 0.827. The van der Waals surface area contributed by atoms with E-state index < -0.39 is 0 Å². The van der Waals surface area contributed by atoms with Crippen LogP contribution in [-0.2, 0) is 4.74 Å². The van der Waals surface area contributed by atoms with Crippen LogP contribution in [0.15, 0.2) is 22.9 Å². The smallest absolute Gasteiger partial charge is 0.0469 e. The van der Waals surface area contributed by atoms with E-state index in [0.29, 0.717) is 12.0 Å². The van der Waals surface area contributed by atoms with E-state index in [9.17, 15) is 0 Å². The fraction of sp³-hybridized carbons (Fsp3) is 0.667. The number of nitrogens with one attached hydrogen (secondary N) is 1. The molecule has 1 N–H and O–H groups in total. The van der Waals surface area contributed by atoms with Crippen molar-refractivity contribution in [2.45, 2.75) is 18.9 Å². The van der Waals surface area contributed by atoms with Gasteiger partial charge < -0.3 is 10.1 Å². The Morgan fingerprint density at radius 2 is 1.86 bits per heavy atom. The van der Waals surface area contributed by atoms with Crippen molar-refractivity contribution in [1.29, 1.82) is 0 Å². The summed E-state index contributed by atoms with van der Waals surface area (Å²) in [7, 11) is 0. The molecule has 0 radical (unpaired) electrons. The van der Waals surface area contributed by atoms with Crippen molar-refractivity contribution in [3.8, 4) is 0 Å². The number of halogens is 3. The zero-order valence-electron chi connectivity index (χ0n) is 12.5. The lowest BCUT2D eigenvalue weighted by molar-refractivity contribution is 0.0212. The summed E-state index contributed by atoms with van der Waals surface area (Å²) in [6.45, 7) is 6.20. The Kier molecular flexibility index (Phi) is 9.21. The third kappa shape index (κ3) is 5.05. The van der Waals surface area contributed by atoms with Gasteiger partial charge in [0.25, 0.3) is 0 Å². The van der Waals surface area contributed by atoms with Crippen LogP contribution in [0.3, 0.4) is 0 Å². The minimum absolute atomic E-state index is 0. The molecule has 0 amide bonds. The van der Waals surface area contributed by atoms with Crippen LogP contribution in [0.4, 0.5) is 0 Å². The van der Waals surface area contributed by atoms with E-state index in [1.165, 1.54) is 5.56 Å². The van der Waals surface area contributed by atoms with Crippen LogP contribution in [0.1, 0.15) is 24.4 Å². The summed E-state index contributed by atoms with van der Waals surface area (Å²) >= 11 is 3.56. The van der Waals surface area contributed by atoms with Crippen molar-refractivity contribution in [2.75, 3.05) is 39.4 Å². The molecule has 2 saturated heterocycles. The Balaban J connectivity index is 0.00000121. The van der Waals surface area contributed by atoms with Crippen LogP contribution in [0.2, 0.25) is 0 Å². The largest absolute Gasteiger partial charge is 0.381 e. The van der Waals surface area contributed by atoms with E-state index in [0.717, 1.165) is 56.7 Å². The Morgan fingerprint density at radius 1 is 1.18 bits per heavy atom. The molecule has 126 valence electrons. The first kappa shape index (κ1) is 20.1. The second kappa shape index (κ2) is 10.1. The third-order valence-corrected chi connectivity index (χ3v) is 4.76. The van der Waals surface area contributed by atoms with Crippen molar-refractivity contribution in [3.05, 3.63) is 28.5 Å². The van der Waals surface area contributed by atoms with E-state index in [-0.39, 0.29) is 24.8 Å². The molecule has 2 fully saturated rings. The third-order valence-electron chi connectivity index (χ3n) is 4.33. The fourth-order valence-corrected chi connectivity index (χ4v) is 3.75. The van der Waals surface area contributed by atoms with Gasteiger partial charge in [-0.1, -0.05) is 0 Å². The number of hydrogen-bond acceptors (Lipinski definition) is 4. The van der Waals surface area contributed by atoms with Gasteiger partial charge in [-0.25, -0.2) is 0 Å². The first-order valence-electron chi connectivity index (χ1n) is 7.47. The zero-order valence-corrected chi connectivity index (χ0v) is 15.8. The van der Waals surface area contributed by atoms with E-state index in [1.54, 1.807) is 0 Å². The lowest BCUT2D eigenvalue weighted by Crippen LogP contribution is -2.47. The Morgan fingerprint density at radius 3 is 2.50 bits per heavy atom. The molecule has 0 spiro atoms. The van der Waals surface area contributed by atoms with Gasteiger partial charge in [0, 0.05) is 62.3 Å². The topological polar surface area (TPSA) is 37.4 Å². The van der Waals surface area contributed by atoms with Crippen molar-refractivity contribution >= 4 is 40.7 Å². The van der Waals surface area contributed by atoms with Crippen LogP contribution in [0.5, 0.6) is 0 Å². The number of aromatic nitrogens is 1. The van der Waals surface area contributed by atoms with Crippen molar-refractivity contribution in [2.24, 2.45) is 5.92 Å². The van der Waals surface area contributed by atoms with Crippen LogP contribution in [-0.4, -0.2) is 49.3 Å². The minimum atomic E-state index is 0. The lowest BCUT2D eigenvalue weighted by Gasteiger charge is -2.41. The lowest BCUT2D eigenvalue weighted by atomic mass is 9.86. The van der Waals surface area contributed by atoms with Gasteiger partial charge in [-0.05, 0) is 46.3 Å². The summed E-state index contributed by atoms with van der Waals surface area (Å²) in [5, 5.41) is 3.44.